The second-order valence-electron chi connectivity index (χ2n) is 6.23. The number of hydrogen-bond acceptors (Lipinski definition) is 6. The first-order valence-electron chi connectivity index (χ1n) is 8.25. The number of benzene rings is 1. The van der Waals surface area contributed by atoms with E-state index in [9.17, 15) is 0 Å². The Bertz CT molecular complexity index is 962. The maximum Gasteiger partial charge on any atom is 0.229 e. The first-order valence-corrected chi connectivity index (χ1v) is 9.04. The molecule has 5 N–H and O–H groups in total. The minimum Gasteiger partial charge on any atom is -0.399 e. The number of rotatable bonds is 6. The maximum absolute atomic E-state index is 5.75. The molecule has 0 radical (unpaired) electrons. The quantitative estimate of drug-likeness (QED) is 0.482. The van der Waals surface area contributed by atoms with Gasteiger partial charge >= 0.3 is 0 Å². The summed E-state index contributed by atoms with van der Waals surface area (Å²) in [5.41, 5.74) is 9.05. The third-order valence-corrected chi connectivity index (χ3v) is 4.66. The maximum atomic E-state index is 5.75. The van der Waals surface area contributed by atoms with Crippen molar-refractivity contribution in [2.24, 2.45) is 5.73 Å². The Morgan fingerprint density at radius 2 is 2.12 bits per heavy atom. The summed E-state index contributed by atoms with van der Waals surface area (Å²) in [7, 11) is 0. The summed E-state index contributed by atoms with van der Waals surface area (Å²) in [6.07, 6.45) is 4.12. The molecule has 2 heterocycles. The first kappa shape index (κ1) is 16.6. The average molecular weight is 412 g/mol. The van der Waals surface area contributed by atoms with E-state index in [4.69, 9.17) is 5.73 Å². The molecule has 2 aromatic heterocycles. The fourth-order valence-electron chi connectivity index (χ4n) is 2.56. The van der Waals surface area contributed by atoms with E-state index < -0.39 is 0 Å². The average Bonchev–Trinajstić information content (AvgIpc) is 3.38. The fourth-order valence-corrected chi connectivity index (χ4v) is 2.85. The fraction of sp³-hybridized carbons (Fsp3) is 0.167. The normalized spacial score (nSPS) is 13.4. The Hall–Kier alpha value is -2.87. The SMILES string of the molecule is C=C(N)c1cccc(Nc2ncc(Br)c(Nc3cc(C4CC4)n[nH]3)n2)c1. The molecule has 0 amide bonds. The highest BCUT2D eigenvalue weighted by Crippen LogP contribution is 2.39. The topological polar surface area (TPSA) is 105 Å². The van der Waals surface area contributed by atoms with Crippen LogP contribution in [0, 0.1) is 0 Å². The van der Waals surface area contributed by atoms with Crippen LogP contribution in [0.3, 0.4) is 0 Å². The zero-order valence-corrected chi connectivity index (χ0v) is 15.5. The molecule has 1 aromatic carbocycles. The number of anilines is 4. The van der Waals surface area contributed by atoms with E-state index in [0.29, 0.717) is 23.4 Å². The van der Waals surface area contributed by atoms with Gasteiger partial charge in [0.15, 0.2) is 5.82 Å². The molecule has 0 unspecified atom stereocenters. The lowest BCUT2D eigenvalue weighted by Gasteiger charge is -2.10. The first-order chi connectivity index (χ1) is 12.6. The smallest absolute Gasteiger partial charge is 0.229 e. The Balaban J connectivity index is 1.53. The van der Waals surface area contributed by atoms with Crippen molar-refractivity contribution in [3.63, 3.8) is 0 Å². The van der Waals surface area contributed by atoms with Gasteiger partial charge in [0.1, 0.15) is 5.82 Å². The number of nitrogens with two attached hydrogens (primary N) is 1. The molecule has 7 nitrogen and oxygen atoms in total. The van der Waals surface area contributed by atoms with Gasteiger partial charge in [-0.2, -0.15) is 10.1 Å². The largest absolute Gasteiger partial charge is 0.399 e. The van der Waals surface area contributed by atoms with Crippen LogP contribution in [0.2, 0.25) is 0 Å². The van der Waals surface area contributed by atoms with Gasteiger partial charge in [-0.05, 0) is 46.5 Å². The third kappa shape index (κ3) is 3.70. The summed E-state index contributed by atoms with van der Waals surface area (Å²) < 4.78 is 0.759. The summed E-state index contributed by atoms with van der Waals surface area (Å²) >= 11 is 3.47. The van der Waals surface area contributed by atoms with E-state index in [1.807, 2.05) is 30.3 Å². The summed E-state index contributed by atoms with van der Waals surface area (Å²) in [4.78, 5) is 8.83. The van der Waals surface area contributed by atoms with Crippen molar-refractivity contribution in [1.29, 1.82) is 0 Å². The molecule has 4 rings (SSSR count). The molecule has 0 atom stereocenters. The lowest BCUT2D eigenvalue weighted by molar-refractivity contribution is 0.966. The van der Waals surface area contributed by atoms with Crippen molar-refractivity contribution in [1.82, 2.24) is 20.2 Å². The molecule has 1 aliphatic carbocycles. The second kappa shape index (κ2) is 6.80. The number of nitrogens with zero attached hydrogens (tertiary/aromatic N) is 3. The molecule has 0 spiro atoms. The molecule has 132 valence electrons. The zero-order chi connectivity index (χ0) is 18.1. The molecule has 1 saturated carbocycles. The van der Waals surface area contributed by atoms with Crippen molar-refractivity contribution >= 4 is 44.9 Å². The van der Waals surface area contributed by atoms with Gasteiger partial charge in [-0.3, -0.25) is 5.10 Å². The monoisotopic (exact) mass is 411 g/mol. The standard InChI is InChI=1S/C18H18BrN7/c1-10(20)12-3-2-4-13(7-12)22-18-21-9-14(19)17(24-18)23-16-8-15(25-26-16)11-5-6-11/h2-4,7-9,11H,1,5-6,20H2,(H3,21,22,23,24,25,26). The zero-order valence-electron chi connectivity index (χ0n) is 14.0. The van der Waals surface area contributed by atoms with Crippen LogP contribution < -0.4 is 16.4 Å². The molecule has 1 aliphatic rings. The molecule has 1 fully saturated rings. The van der Waals surface area contributed by atoms with Crippen molar-refractivity contribution < 1.29 is 0 Å². The van der Waals surface area contributed by atoms with Crippen LogP contribution in [0.1, 0.15) is 30.0 Å². The summed E-state index contributed by atoms with van der Waals surface area (Å²) in [5.74, 6) is 2.52. The van der Waals surface area contributed by atoms with E-state index in [-0.39, 0.29) is 0 Å². The number of aromatic nitrogens is 4. The summed E-state index contributed by atoms with van der Waals surface area (Å²) in [6, 6.07) is 9.64. The predicted molar refractivity (Wildman–Crippen MR) is 107 cm³/mol. The summed E-state index contributed by atoms with van der Waals surface area (Å²) in [5, 5.41) is 13.8. The van der Waals surface area contributed by atoms with Gasteiger partial charge in [-0.25, -0.2) is 4.98 Å². The summed E-state index contributed by atoms with van der Waals surface area (Å²) in [6.45, 7) is 3.76. The van der Waals surface area contributed by atoms with Crippen LogP contribution in [-0.2, 0) is 0 Å². The van der Waals surface area contributed by atoms with Crippen LogP contribution in [0.4, 0.5) is 23.3 Å². The van der Waals surface area contributed by atoms with Crippen molar-refractivity contribution in [3.05, 3.63) is 58.8 Å². The highest BCUT2D eigenvalue weighted by atomic mass is 79.9. The second-order valence-corrected chi connectivity index (χ2v) is 7.08. The van der Waals surface area contributed by atoms with Crippen LogP contribution in [0.25, 0.3) is 5.70 Å². The van der Waals surface area contributed by atoms with Crippen molar-refractivity contribution in [2.45, 2.75) is 18.8 Å². The van der Waals surface area contributed by atoms with Gasteiger partial charge in [0.2, 0.25) is 5.95 Å². The molecule has 3 aromatic rings. The predicted octanol–water partition coefficient (Wildman–Crippen LogP) is 4.26. The van der Waals surface area contributed by atoms with Gasteiger partial charge in [-0.1, -0.05) is 18.7 Å². The van der Waals surface area contributed by atoms with E-state index >= 15 is 0 Å². The number of hydrogen-bond donors (Lipinski definition) is 4. The lowest BCUT2D eigenvalue weighted by Crippen LogP contribution is -2.02. The van der Waals surface area contributed by atoms with Gasteiger partial charge in [-0.15, -0.1) is 0 Å². The Morgan fingerprint density at radius 1 is 1.27 bits per heavy atom. The van der Waals surface area contributed by atoms with Gasteiger partial charge in [0.05, 0.1) is 10.2 Å². The van der Waals surface area contributed by atoms with Crippen LogP contribution in [-0.4, -0.2) is 20.2 Å². The van der Waals surface area contributed by atoms with Gasteiger partial charge in [0, 0.05) is 29.6 Å². The molecule has 8 heteroatoms. The van der Waals surface area contributed by atoms with Crippen LogP contribution in [0.15, 0.2) is 47.6 Å². The van der Waals surface area contributed by atoms with Crippen molar-refractivity contribution in [3.8, 4) is 0 Å². The lowest BCUT2D eigenvalue weighted by atomic mass is 10.1. The highest BCUT2D eigenvalue weighted by molar-refractivity contribution is 9.10. The van der Waals surface area contributed by atoms with E-state index in [1.165, 1.54) is 12.8 Å². The number of halogens is 1. The van der Waals surface area contributed by atoms with E-state index in [1.54, 1.807) is 6.20 Å². The van der Waals surface area contributed by atoms with Crippen LogP contribution in [0.5, 0.6) is 0 Å². The minimum absolute atomic E-state index is 0.470. The Kier molecular flexibility index (Phi) is 4.34. The molecular formula is C18H18BrN7. The molecular weight excluding hydrogens is 394 g/mol. The number of aromatic amines is 1. The number of H-pyrrole nitrogens is 1. The van der Waals surface area contributed by atoms with E-state index in [2.05, 4.69) is 53.3 Å². The highest BCUT2D eigenvalue weighted by Gasteiger charge is 2.26. The van der Waals surface area contributed by atoms with Gasteiger partial charge < -0.3 is 16.4 Å². The molecule has 0 aliphatic heterocycles. The number of nitrogens with one attached hydrogen (secondary N) is 3. The van der Waals surface area contributed by atoms with Crippen molar-refractivity contribution in [2.75, 3.05) is 10.6 Å². The van der Waals surface area contributed by atoms with Gasteiger partial charge in [0.25, 0.3) is 0 Å². The minimum atomic E-state index is 0.470. The Labute approximate surface area is 159 Å². The molecule has 0 bridgehead atoms. The molecule has 0 saturated heterocycles. The Morgan fingerprint density at radius 3 is 2.88 bits per heavy atom. The van der Waals surface area contributed by atoms with Crippen LogP contribution >= 0.6 is 15.9 Å². The molecule has 26 heavy (non-hydrogen) atoms. The third-order valence-electron chi connectivity index (χ3n) is 4.08. The van der Waals surface area contributed by atoms with E-state index in [0.717, 1.165) is 27.2 Å².